The second-order valence-corrected chi connectivity index (χ2v) is 3.69. The molecule has 0 atom stereocenters. The molecule has 1 aliphatic carbocycles. The Morgan fingerprint density at radius 1 is 1.29 bits per heavy atom. The summed E-state index contributed by atoms with van der Waals surface area (Å²) in [6.45, 7) is 1.85. The molecule has 0 bridgehead atoms. The fraction of sp³-hybridized carbons (Fsp3) is 0.583. The molecular weight excluding hydrogens is 224 g/mol. The van der Waals surface area contributed by atoms with Crippen LogP contribution in [0.4, 0.5) is 0 Å². The molecule has 5 heteroatoms. The summed E-state index contributed by atoms with van der Waals surface area (Å²) in [5.41, 5.74) is 0.522. The minimum absolute atomic E-state index is 0.0141. The Kier molecular flexibility index (Phi) is 5.39. The van der Waals surface area contributed by atoms with Gasteiger partial charge >= 0.3 is 11.9 Å². The first-order valence-corrected chi connectivity index (χ1v) is 5.67. The van der Waals surface area contributed by atoms with Gasteiger partial charge in [-0.1, -0.05) is 6.08 Å². The van der Waals surface area contributed by atoms with Crippen molar-refractivity contribution in [1.82, 2.24) is 0 Å². The number of esters is 2. The Labute approximate surface area is 99.8 Å². The Bertz CT molecular complexity index is 343. The number of carbonyl (C=O) groups is 3. The highest BCUT2D eigenvalue weighted by Gasteiger charge is 2.17. The molecule has 0 aliphatic heterocycles. The fourth-order valence-corrected chi connectivity index (χ4v) is 1.49. The average Bonchev–Trinajstić information content (AvgIpc) is 2.28. The van der Waals surface area contributed by atoms with Gasteiger partial charge in [-0.05, 0) is 19.8 Å². The van der Waals surface area contributed by atoms with E-state index in [1.54, 1.807) is 13.0 Å². The number of ether oxygens (including phenoxy) is 2. The summed E-state index contributed by atoms with van der Waals surface area (Å²) in [6, 6.07) is 0. The van der Waals surface area contributed by atoms with E-state index in [4.69, 9.17) is 4.74 Å². The van der Waals surface area contributed by atoms with Crippen molar-refractivity contribution in [1.29, 1.82) is 0 Å². The van der Waals surface area contributed by atoms with E-state index in [1.807, 2.05) is 0 Å². The fourth-order valence-electron chi connectivity index (χ4n) is 1.49. The van der Waals surface area contributed by atoms with Crippen molar-refractivity contribution >= 4 is 17.7 Å². The third kappa shape index (κ3) is 4.80. The molecular formula is C12H16O5. The first kappa shape index (κ1) is 13.4. The van der Waals surface area contributed by atoms with Crippen LogP contribution in [-0.4, -0.2) is 30.9 Å². The van der Waals surface area contributed by atoms with E-state index in [0.29, 0.717) is 12.0 Å². The molecule has 0 heterocycles. The molecule has 0 unspecified atom stereocenters. The highest BCUT2D eigenvalue weighted by atomic mass is 16.6. The van der Waals surface area contributed by atoms with Crippen LogP contribution in [0.1, 0.15) is 32.6 Å². The molecule has 17 heavy (non-hydrogen) atoms. The standard InChI is InChI=1S/C12H16O5/c1-2-16-11(14)7-12(15)17-8-9-5-3-4-6-10(9)13/h5H,2-4,6-8H2,1H3. The van der Waals surface area contributed by atoms with Crippen molar-refractivity contribution in [3.63, 3.8) is 0 Å². The van der Waals surface area contributed by atoms with Crippen molar-refractivity contribution in [2.75, 3.05) is 13.2 Å². The largest absolute Gasteiger partial charge is 0.466 e. The molecule has 1 aliphatic rings. The van der Waals surface area contributed by atoms with Crippen LogP contribution in [-0.2, 0) is 23.9 Å². The highest BCUT2D eigenvalue weighted by molar-refractivity contribution is 5.97. The second kappa shape index (κ2) is 6.83. The van der Waals surface area contributed by atoms with E-state index in [2.05, 4.69) is 4.74 Å². The lowest BCUT2D eigenvalue weighted by Crippen LogP contribution is -2.18. The summed E-state index contributed by atoms with van der Waals surface area (Å²) in [5, 5.41) is 0. The van der Waals surface area contributed by atoms with Crippen LogP contribution in [0, 0.1) is 0 Å². The number of Topliss-reactive ketones (excluding diaryl/α,β-unsaturated/α-hetero) is 1. The van der Waals surface area contributed by atoms with Crippen molar-refractivity contribution in [3.8, 4) is 0 Å². The lowest BCUT2D eigenvalue weighted by atomic mass is 9.99. The summed E-state index contributed by atoms with van der Waals surface area (Å²) in [6.07, 6.45) is 3.55. The summed E-state index contributed by atoms with van der Waals surface area (Å²) in [7, 11) is 0. The van der Waals surface area contributed by atoms with Crippen molar-refractivity contribution < 1.29 is 23.9 Å². The molecule has 1 rings (SSSR count). The van der Waals surface area contributed by atoms with Crippen LogP contribution < -0.4 is 0 Å². The molecule has 0 radical (unpaired) electrons. The maximum Gasteiger partial charge on any atom is 0.317 e. The van der Waals surface area contributed by atoms with Crippen molar-refractivity contribution in [2.24, 2.45) is 0 Å². The van der Waals surface area contributed by atoms with Crippen molar-refractivity contribution in [3.05, 3.63) is 11.6 Å². The smallest absolute Gasteiger partial charge is 0.317 e. The van der Waals surface area contributed by atoms with Crippen LogP contribution in [0.3, 0.4) is 0 Å². The van der Waals surface area contributed by atoms with Gasteiger partial charge in [0.1, 0.15) is 13.0 Å². The number of hydrogen-bond donors (Lipinski definition) is 0. The van der Waals surface area contributed by atoms with Gasteiger partial charge in [0.25, 0.3) is 0 Å². The zero-order valence-electron chi connectivity index (χ0n) is 9.86. The Balaban J connectivity index is 2.30. The van der Waals surface area contributed by atoms with Gasteiger partial charge in [0, 0.05) is 12.0 Å². The topological polar surface area (TPSA) is 69.7 Å². The monoisotopic (exact) mass is 240 g/mol. The number of rotatable bonds is 5. The number of carbonyl (C=O) groups excluding carboxylic acids is 3. The molecule has 0 saturated heterocycles. The number of ketones is 1. The van der Waals surface area contributed by atoms with Crippen LogP contribution in [0.15, 0.2) is 11.6 Å². The van der Waals surface area contributed by atoms with E-state index < -0.39 is 18.4 Å². The van der Waals surface area contributed by atoms with Gasteiger partial charge in [-0.15, -0.1) is 0 Å². The molecule has 0 spiro atoms. The van der Waals surface area contributed by atoms with E-state index in [0.717, 1.165) is 12.8 Å². The van der Waals surface area contributed by atoms with Gasteiger partial charge in [0.05, 0.1) is 6.61 Å². The molecule has 0 aromatic heterocycles. The molecule has 0 N–H and O–H groups in total. The minimum atomic E-state index is -0.664. The molecule has 0 fully saturated rings. The zero-order valence-corrected chi connectivity index (χ0v) is 9.86. The van der Waals surface area contributed by atoms with E-state index in [1.165, 1.54) is 0 Å². The third-order valence-electron chi connectivity index (χ3n) is 2.34. The van der Waals surface area contributed by atoms with E-state index in [9.17, 15) is 14.4 Å². The molecule has 0 amide bonds. The Hall–Kier alpha value is -1.65. The van der Waals surface area contributed by atoms with Crippen molar-refractivity contribution in [2.45, 2.75) is 32.6 Å². The first-order valence-electron chi connectivity index (χ1n) is 5.67. The van der Waals surface area contributed by atoms with Crippen LogP contribution in [0.5, 0.6) is 0 Å². The molecule has 5 nitrogen and oxygen atoms in total. The molecule has 94 valence electrons. The average molecular weight is 240 g/mol. The minimum Gasteiger partial charge on any atom is -0.466 e. The summed E-state index contributed by atoms with van der Waals surface area (Å²) < 4.78 is 9.44. The maximum atomic E-state index is 11.4. The summed E-state index contributed by atoms with van der Waals surface area (Å²) >= 11 is 0. The lowest BCUT2D eigenvalue weighted by Gasteiger charge is -2.11. The Morgan fingerprint density at radius 2 is 2.00 bits per heavy atom. The summed E-state index contributed by atoms with van der Waals surface area (Å²) in [5.74, 6) is -1.26. The molecule has 0 aromatic rings. The number of allylic oxidation sites excluding steroid dienone is 1. The van der Waals surface area contributed by atoms with Crippen LogP contribution in [0.2, 0.25) is 0 Å². The predicted molar refractivity (Wildman–Crippen MR) is 59.2 cm³/mol. The SMILES string of the molecule is CCOC(=O)CC(=O)OCC1=CCCCC1=O. The van der Waals surface area contributed by atoms with Gasteiger partial charge in [-0.2, -0.15) is 0 Å². The Morgan fingerprint density at radius 3 is 2.65 bits per heavy atom. The second-order valence-electron chi connectivity index (χ2n) is 3.69. The molecule has 0 aromatic carbocycles. The van der Waals surface area contributed by atoms with E-state index >= 15 is 0 Å². The van der Waals surface area contributed by atoms with Gasteiger partial charge < -0.3 is 9.47 Å². The highest BCUT2D eigenvalue weighted by Crippen LogP contribution is 2.14. The molecule has 0 saturated carbocycles. The van der Waals surface area contributed by atoms with Gasteiger partial charge in [0.15, 0.2) is 5.78 Å². The first-order chi connectivity index (χ1) is 8.13. The van der Waals surface area contributed by atoms with Crippen LogP contribution >= 0.6 is 0 Å². The van der Waals surface area contributed by atoms with E-state index in [-0.39, 0.29) is 19.0 Å². The maximum absolute atomic E-state index is 11.4. The van der Waals surface area contributed by atoms with Gasteiger partial charge in [-0.3, -0.25) is 14.4 Å². The predicted octanol–water partition coefficient (Wildman–Crippen LogP) is 1.16. The van der Waals surface area contributed by atoms with Gasteiger partial charge in [-0.25, -0.2) is 0 Å². The van der Waals surface area contributed by atoms with Gasteiger partial charge in [0.2, 0.25) is 0 Å². The van der Waals surface area contributed by atoms with Crippen LogP contribution in [0.25, 0.3) is 0 Å². The normalized spacial score (nSPS) is 15.1. The summed E-state index contributed by atoms with van der Waals surface area (Å²) in [4.78, 5) is 33.6. The third-order valence-corrected chi connectivity index (χ3v) is 2.34. The quantitative estimate of drug-likeness (QED) is 0.532. The lowest BCUT2D eigenvalue weighted by molar-refractivity contribution is -0.153. The number of hydrogen-bond acceptors (Lipinski definition) is 5. The zero-order chi connectivity index (χ0) is 12.7.